The number of fused-ring (bicyclic) bond motifs is 1. The van der Waals surface area contributed by atoms with Crippen molar-refractivity contribution in [1.29, 1.82) is 5.26 Å². The number of anilines is 2. The number of nitrogens with one attached hydrogen (secondary N) is 1. The molecule has 172 valence electrons. The number of nitrogens with two attached hydrogens (primary N) is 2. The van der Waals surface area contributed by atoms with Gasteiger partial charge in [0.2, 0.25) is 0 Å². The van der Waals surface area contributed by atoms with Crippen molar-refractivity contribution in [3.63, 3.8) is 0 Å². The molecule has 1 aliphatic heterocycles. The first kappa shape index (κ1) is 22.3. The Morgan fingerprint density at radius 1 is 1.21 bits per heavy atom. The molecule has 7 nitrogen and oxygen atoms in total. The molecule has 1 saturated heterocycles. The molecule has 9 heteroatoms. The number of amides is 1. The number of nitrogens with zero attached hydrogens (tertiary/aromatic N) is 3. The van der Waals surface area contributed by atoms with Crippen molar-refractivity contribution in [2.45, 2.75) is 25.4 Å². The lowest BCUT2D eigenvalue weighted by atomic mass is 9.99. The van der Waals surface area contributed by atoms with Gasteiger partial charge in [-0.15, -0.1) is 22.7 Å². The van der Waals surface area contributed by atoms with Gasteiger partial charge in [0.25, 0.3) is 5.91 Å². The van der Waals surface area contributed by atoms with Gasteiger partial charge in [-0.3, -0.25) is 4.79 Å². The molecule has 34 heavy (non-hydrogen) atoms. The average molecular weight is 489 g/mol. The normalized spacial score (nSPS) is 14.2. The summed E-state index contributed by atoms with van der Waals surface area (Å²) in [5.41, 5.74) is 14.7. The summed E-state index contributed by atoms with van der Waals surface area (Å²) in [7, 11) is 0. The highest BCUT2D eigenvalue weighted by atomic mass is 32.1. The highest BCUT2D eigenvalue weighted by Crippen LogP contribution is 2.45. The maximum atomic E-state index is 12.1. The number of piperidine rings is 1. The van der Waals surface area contributed by atoms with Gasteiger partial charge in [-0.05, 0) is 42.9 Å². The number of nitrogen functional groups attached to an aromatic ring is 1. The molecular formula is C25H24N6OS2. The second-order valence-electron chi connectivity index (χ2n) is 8.26. The van der Waals surface area contributed by atoms with Crippen molar-refractivity contribution >= 4 is 50.3 Å². The summed E-state index contributed by atoms with van der Waals surface area (Å²) in [5, 5.41) is 16.4. The summed E-state index contributed by atoms with van der Waals surface area (Å²) in [6.07, 6.45) is 1.90. The molecule has 3 aromatic heterocycles. The van der Waals surface area contributed by atoms with Crippen LogP contribution in [0.3, 0.4) is 0 Å². The highest BCUT2D eigenvalue weighted by molar-refractivity contribution is 7.21. The van der Waals surface area contributed by atoms with E-state index in [1.54, 1.807) is 0 Å². The van der Waals surface area contributed by atoms with E-state index >= 15 is 0 Å². The summed E-state index contributed by atoms with van der Waals surface area (Å²) in [4.78, 5) is 21.1. The number of thiophene rings is 2. The van der Waals surface area contributed by atoms with Crippen LogP contribution in [0.15, 0.2) is 47.8 Å². The molecule has 0 unspecified atom stereocenters. The van der Waals surface area contributed by atoms with E-state index in [-0.39, 0.29) is 10.9 Å². The number of aromatic nitrogens is 1. The first-order valence-corrected chi connectivity index (χ1v) is 12.8. The molecule has 0 radical (unpaired) electrons. The van der Waals surface area contributed by atoms with Gasteiger partial charge < -0.3 is 21.7 Å². The van der Waals surface area contributed by atoms with Gasteiger partial charge in [-0.2, -0.15) is 5.26 Å². The van der Waals surface area contributed by atoms with Crippen LogP contribution in [-0.2, 0) is 6.54 Å². The van der Waals surface area contributed by atoms with Crippen LogP contribution in [-0.4, -0.2) is 30.0 Å². The minimum absolute atomic E-state index is 0.225. The molecule has 0 aliphatic carbocycles. The Labute approximate surface area is 205 Å². The van der Waals surface area contributed by atoms with Crippen LogP contribution >= 0.6 is 22.7 Å². The lowest BCUT2D eigenvalue weighted by molar-refractivity contribution is 0.100. The lowest BCUT2D eigenvalue weighted by Crippen LogP contribution is -2.43. The number of hydrogen-bond donors (Lipinski definition) is 3. The third-order valence-corrected chi connectivity index (χ3v) is 8.18. The van der Waals surface area contributed by atoms with Crippen molar-refractivity contribution in [3.8, 4) is 16.5 Å². The molecule has 1 fully saturated rings. The molecular weight excluding hydrogens is 464 g/mol. The van der Waals surface area contributed by atoms with Gasteiger partial charge in [0.15, 0.2) is 0 Å². The third kappa shape index (κ3) is 4.01. The summed E-state index contributed by atoms with van der Waals surface area (Å²) in [6.45, 7) is 2.46. The number of benzene rings is 1. The Morgan fingerprint density at radius 3 is 2.62 bits per heavy atom. The number of primary amides is 1. The van der Waals surface area contributed by atoms with Gasteiger partial charge in [0.05, 0.1) is 5.69 Å². The second kappa shape index (κ2) is 9.43. The number of carbonyl (C=O) groups excluding carboxylic acids is 1. The zero-order valence-electron chi connectivity index (χ0n) is 18.5. The summed E-state index contributed by atoms with van der Waals surface area (Å²) in [6, 6.07) is 16.8. The monoisotopic (exact) mass is 488 g/mol. The fraction of sp³-hybridized carbons (Fsp3) is 0.240. The molecule has 1 amide bonds. The number of pyridine rings is 1. The van der Waals surface area contributed by atoms with E-state index in [0.717, 1.165) is 41.9 Å². The minimum atomic E-state index is -0.586. The van der Waals surface area contributed by atoms with Gasteiger partial charge >= 0.3 is 0 Å². The quantitative estimate of drug-likeness (QED) is 0.371. The van der Waals surface area contributed by atoms with E-state index in [2.05, 4.69) is 28.4 Å². The van der Waals surface area contributed by atoms with E-state index in [0.29, 0.717) is 33.8 Å². The Kier molecular flexibility index (Phi) is 6.20. The molecule has 0 bridgehead atoms. The van der Waals surface area contributed by atoms with E-state index in [9.17, 15) is 10.1 Å². The molecule has 5 rings (SSSR count). The van der Waals surface area contributed by atoms with E-state index in [4.69, 9.17) is 16.5 Å². The summed E-state index contributed by atoms with van der Waals surface area (Å²) >= 11 is 2.72. The van der Waals surface area contributed by atoms with E-state index in [1.165, 1.54) is 22.7 Å². The first-order chi connectivity index (χ1) is 16.6. The molecule has 0 saturated carbocycles. The van der Waals surface area contributed by atoms with Crippen molar-refractivity contribution in [3.05, 3.63) is 63.8 Å². The molecule has 5 N–H and O–H groups in total. The smallest absolute Gasteiger partial charge is 0.260 e. The van der Waals surface area contributed by atoms with Crippen LogP contribution in [0.2, 0.25) is 0 Å². The lowest BCUT2D eigenvalue weighted by Gasteiger charge is -2.36. The Hall–Kier alpha value is -3.45. The maximum Gasteiger partial charge on any atom is 0.260 e. The number of hydrogen-bond acceptors (Lipinski definition) is 8. The summed E-state index contributed by atoms with van der Waals surface area (Å²) < 4.78 is 0. The Bertz CT molecular complexity index is 1370. The largest absolute Gasteiger partial charge is 0.397 e. The van der Waals surface area contributed by atoms with E-state index < -0.39 is 5.91 Å². The van der Waals surface area contributed by atoms with Crippen LogP contribution in [0.5, 0.6) is 0 Å². The predicted octanol–water partition coefficient (Wildman–Crippen LogP) is 4.34. The maximum absolute atomic E-state index is 12.1. The number of nitriles is 1. The van der Waals surface area contributed by atoms with Gasteiger partial charge in [-0.1, -0.05) is 36.4 Å². The third-order valence-electron chi connectivity index (χ3n) is 6.18. The number of carbonyl (C=O) groups is 1. The first-order valence-electron chi connectivity index (χ1n) is 11.1. The topological polar surface area (TPSA) is 121 Å². The Balaban J connectivity index is 1.78. The van der Waals surface area contributed by atoms with Crippen molar-refractivity contribution in [2.75, 3.05) is 23.7 Å². The molecule has 1 aromatic carbocycles. The standard InChI is InChI=1S/C25H24N6OS2/c26-13-17-19(18-7-4-12-33-18)20-21(27)22(23(28)32)34-25(20)30-24(17)31(16-8-10-29-11-9-16)14-15-5-2-1-3-6-15/h1-7,12,16,29H,8-11,14,27H2,(H2,28,32). The van der Waals surface area contributed by atoms with E-state index in [1.807, 2.05) is 35.7 Å². The van der Waals surface area contributed by atoms with Crippen molar-refractivity contribution in [1.82, 2.24) is 10.3 Å². The zero-order chi connectivity index (χ0) is 23.7. The predicted molar refractivity (Wildman–Crippen MR) is 139 cm³/mol. The summed E-state index contributed by atoms with van der Waals surface area (Å²) in [5.74, 6) is 0.0450. The van der Waals surface area contributed by atoms with Gasteiger partial charge in [0, 0.05) is 28.4 Å². The average Bonchev–Trinajstić information content (AvgIpc) is 3.51. The minimum Gasteiger partial charge on any atom is -0.397 e. The van der Waals surface area contributed by atoms with Crippen LogP contribution in [0, 0.1) is 11.3 Å². The van der Waals surface area contributed by atoms with Gasteiger partial charge in [0.1, 0.15) is 27.2 Å². The number of rotatable bonds is 6. The SMILES string of the molecule is N#Cc1c(N(Cc2ccccc2)C2CCNCC2)nc2sc(C(N)=O)c(N)c2c1-c1cccs1. The molecule has 0 spiro atoms. The fourth-order valence-electron chi connectivity index (χ4n) is 4.58. The molecule has 4 aromatic rings. The molecule has 4 heterocycles. The highest BCUT2D eigenvalue weighted by Gasteiger charge is 2.30. The molecule has 1 aliphatic rings. The van der Waals surface area contributed by atoms with Gasteiger partial charge in [-0.25, -0.2) is 4.98 Å². The molecule has 0 atom stereocenters. The van der Waals surface area contributed by atoms with Crippen LogP contribution in [0.4, 0.5) is 11.5 Å². The van der Waals surface area contributed by atoms with Crippen molar-refractivity contribution in [2.24, 2.45) is 5.73 Å². The van der Waals surface area contributed by atoms with Crippen LogP contribution in [0.1, 0.15) is 33.6 Å². The zero-order valence-corrected chi connectivity index (χ0v) is 20.1. The Morgan fingerprint density at radius 2 is 1.97 bits per heavy atom. The van der Waals surface area contributed by atoms with Crippen LogP contribution in [0.25, 0.3) is 20.7 Å². The fourth-order valence-corrected chi connectivity index (χ4v) is 6.32. The van der Waals surface area contributed by atoms with Crippen molar-refractivity contribution < 1.29 is 4.79 Å². The van der Waals surface area contributed by atoms with Crippen LogP contribution < -0.4 is 21.7 Å². The second-order valence-corrected chi connectivity index (χ2v) is 10.2.